The van der Waals surface area contributed by atoms with Crippen molar-refractivity contribution in [2.45, 2.75) is 0 Å². The van der Waals surface area contributed by atoms with Crippen molar-refractivity contribution in [1.29, 1.82) is 0 Å². The molecule has 0 unspecified atom stereocenters. The molecule has 1 rings (SSSR count). The number of carbonyl (C=O) groups excluding carboxylic acids is 1. The summed E-state index contributed by atoms with van der Waals surface area (Å²) in [6.45, 7) is 1.77. The van der Waals surface area contributed by atoms with Crippen molar-refractivity contribution >= 4 is 13.2 Å². The summed E-state index contributed by atoms with van der Waals surface area (Å²) in [5.41, 5.74) is 0.729. The SMILES string of the molecule is O=Cc1bcccc1. The Balaban J connectivity index is 2.99. The fourth-order valence-electron chi connectivity index (χ4n) is 0.532. The Kier molecular flexibility index (Phi) is 1.57. The van der Waals surface area contributed by atoms with Gasteiger partial charge in [0.05, 0.1) is 0 Å². The summed E-state index contributed by atoms with van der Waals surface area (Å²) in [4.78, 5) is 10.0. The Morgan fingerprint density at radius 2 is 2.38 bits per heavy atom. The van der Waals surface area contributed by atoms with E-state index < -0.39 is 0 Å². The standard InChI is InChI=1S/C6H5BO/c8-5-6-3-1-2-4-7-6/h1-5H. The third-order valence-corrected chi connectivity index (χ3v) is 0.936. The quantitative estimate of drug-likeness (QED) is 0.482. The van der Waals surface area contributed by atoms with Gasteiger partial charge in [0.2, 0.25) is 0 Å². The Labute approximate surface area is 48.6 Å². The second-order valence-electron chi connectivity index (χ2n) is 1.53. The van der Waals surface area contributed by atoms with Crippen LogP contribution in [-0.4, -0.2) is 13.2 Å². The Morgan fingerprint density at radius 3 is 2.75 bits per heavy atom. The van der Waals surface area contributed by atoms with Gasteiger partial charge in [0.25, 0.3) is 0 Å². The van der Waals surface area contributed by atoms with Crippen LogP contribution < -0.4 is 0 Å². The van der Waals surface area contributed by atoms with E-state index in [0.717, 1.165) is 11.7 Å². The van der Waals surface area contributed by atoms with Crippen LogP contribution in [0.3, 0.4) is 0 Å². The first-order valence-electron chi connectivity index (χ1n) is 2.44. The van der Waals surface area contributed by atoms with E-state index in [2.05, 4.69) is 0 Å². The molecule has 0 aliphatic carbocycles. The van der Waals surface area contributed by atoms with Gasteiger partial charge in [0.1, 0.15) is 0 Å². The predicted molar refractivity (Wildman–Crippen MR) is 33.2 cm³/mol. The van der Waals surface area contributed by atoms with Gasteiger partial charge in [-0.15, -0.1) is 0 Å². The van der Waals surface area contributed by atoms with Crippen molar-refractivity contribution in [1.82, 2.24) is 0 Å². The van der Waals surface area contributed by atoms with Crippen LogP contribution in [0.2, 0.25) is 0 Å². The first kappa shape index (κ1) is 5.23. The number of rotatable bonds is 1. The van der Waals surface area contributed by atoms with Crippen LogP contribution >= 0.6 is 0 Å². The monoisotopic (exact) mass is 104 g/mol. The zero-order valence-electron chi connectivity index (χ0n) is 4.37. The van der Waals surface area contributed by atoms with E-state index in [1.165, 1.54) is 0 Å². The molecule has 0 amide bonds. The molecule has 1 aromatic rings. The minimum absolute atomic E-state index is 0.729. The molecule has 0 aliphatic rings. The maximum absolute atomic E-state index is 10.0. The third kappa shape index (κ3) is 1.03. The van der Waals surface area contributed by atoms with Gasteiger partial charge in [-0.05, 0) is 0 Å². The van der Waals surface area contributed by atoms with Gasteiger partial charge in [0.15, 0.2) is 0 Å². The molecule has 0 bridgehead atoms. The first-order chi connectivity index (χ1) is 3.93. The van der Waals surface area contributed by atoms with Crippen LogP contribution in [0.25, 0.3) is 0 Å². The van der Waals surface area contributed by atoms with Crippen molar-refractivity contribution in [3.63, 3.8) is 0 Å². The van der Waals surface area contributed by atoms with Crippen LogP contribution in [0.4, 0.5) is 0 Å². The molecule has 0 saturated carbocycles. The third-order valence-electron chi connectivity index (χ3n) is 0.936. The fraction of sp³-hybridized carbons (Fsp3) is 0. The number of hydrogen-bond donors (Lipinski definition) is 0. The first-order valence-corrected chi connectivity index (χ1v) is 2.44. The van der Waals surface area contributed by atoms with Crippen LogP contribution in [0.5, 0.6) is 0 Å². The van der Waals surface area contributed by atoms with E-state index in [4.69, 9.17) is 0 Å². The molecule has 0 saturated heterocycles. The van der Waals surface area contributed by atoms with Crippen LogP contribution in [0.1, 0.15) is 10.3 Å². The maximum atomic E-state index is 10.0. The van der Waals surface area contributed by atoms with Crippen molar-refractivity contribution in [3.8, 4) is 0 Å². The van der Waals surface area contributed by atoms with Gasteiger partial charge >= 0.3 is 47.6 Å². The molecular weight excluding hydrogens is 98.9 g/mol. The second-order valence-corrected chi connectivity index (χ2v) is 1.53. The van der Waals surface area contributed by atoms with Crippen molar-refractivity contribution in [2.24, 2.45) is 0 Å². The summed E-state index contributed by atoms with van der Waals surface area (Å²) in [6.07, 6.45) is 0.833. The average Bonchev–Trinajstić information content (AvgIpc) is 1.90. The molecule has 0 N–H and O–H groups in total. The topological polar surface area (TPSA) is 17.1 Å². The molecule has 1 aromatic heterocycles. The molecule has 0 atom stereocenters. The minimum atomic E-state index is 0.729. The molecule has 1 heterocycles. The molecule has 0 aromatic carbocycles. The summed E-state index contributed by atoms with van der Waals surface area (Å²) in [6, 6.07) is 5.49. The van der Waals surface area contributed by atoms with Gasteiger partial charge in [0, 0.05) is 0 Å². The second kappa shape index (κ2) is 2.41. The number of carbonyl (C=O) groups is 1. The Bertz CT molecular complexity index is 171. The normalized spacial score (nSPS) is 8.00. The van der Waals surface area contributed by atoms with Crippen molar-refractivity contribution in [2.75, 3.05) is 0 Å². The van der Waals surface area contributed by atoms with Gasteiger partial charge in [-0.1, -0.05) is 0 Å². The van der Waals surface area contributed by atoms with Crippen LogP contribution in [0, 0.1) is 0 Å². The molecule has 0 fully saturated rings. The van der Waals surface area contributed by atoms with E-state index in [0.29, 0.717) is 0 Å². The predicted octanol–water partition coefficient (Wildman–Crippen LogP) is 0.837. The molecular formula is C6H5BO. The van der Waals surface area contributed by atoms with Crippen molar-refractivity contribution in [3.05, 3.63) is 29.6 Å². The molecule has 0 radical (unpaired) electrons. The van der Waals surface area contributed by atoms with E-state index in [1.54, 1.807) is 13.0 Å². The molecule has 2 heteroatoms. The van der Waals surface area contributed by atoms with Crippen LogP contribution in [-0.2, 0) is 0 Å². The summed E-state index contributed by atoms with van der Waals surface area (Å²) >= 11 is 0. The Hall–Kier alpha value is -0.915. The zero-order chi connectivity index (χ0) is 5.82. The van der Waals surface area contributed by atoms with E-state index in [9.17, 15) is 4.79 Å². The summed E-state index contributed by atoms with van der Waals surface area (Å²) < 4.78 is 0. The molecule has 38 valence electrons. The fourth-order valence-corrected chi connectivity index (χ4v) is 0.532. The molecule has 0 spiro atoms. The van der Waals surface area contributed by atoms with Gasteiger partial charge < -0.3 is 0 Å². The van der Waals surface area contributed by atoms with Crippen LogP contribution in [0.15, 0.2) is 24.2 Å². The van der Waals surface area contributed by atoms with E-state index in [-0.39, 0.29) is 0 Å². The van der Waals surface area contributed by atoms with Gasteiger partial charge in [-0.25, -0.2) is 0 Å². The Morgan fingerprint density at radius 1 is 1.50 bits per heavy atom. The number of aldehydes is 1. The molecule has 8 heavy (non-hydrogen) atoms. The van der Waals surface area contributed by atoms with Gasteiger partial charge in [-0.3, -0.25) is 0 Å². The zero-order valence-corrected chi connectivity index (χ0v) is 4.37. The molecule has 1 nitrogen and oxygen atoms in total. The van der Waals surface area contributed by atoms with Gasteiger partial charge in [-0.2, -0.15) is 0 Å². The average molecular weight is 104 g/mol. The summed E-state index contributed by atoms with van der Waals surface area (Å²) in [7, 11) is 0. The van der Waals surface area contributed by atoms with Crippen molar-refractivity contribution < 1.29 is 4.79 Å². The number of hydrogen-bond acceptors (Lipinski definition) is 1. The van der Waals surface area contributed by atoms with E-state index >= 15 is 0 Å². The molecule has 0 aliphatic heterocycles. The summed E-state index contributed by atoms with van der Waals surface area (Å²) in [5.74, 6) is 1.84. The summed E-state index contributed by atoms with van der Waals surface area (Å²) in [5, 5.41) is 0. The van der Waals surface area contributed by atoms with E-state index in [1.807, 2.05) is 18.1 Å².